The van der Waals surface area contributed by atoms with Gasteiger partial charge in [-0.1, -0.05) is 49.4 Å². The van der Waals surface area contributed by atoms with Gasteiger partial charge < -0.3 is 4.42 Å². The van der Waals surface area contributed by atoms with Gasteiger partial charge in [-0.2, -0.15) is 0 Å². The molecule has 0 bridgehead atoms. The van der Waals surface area contributed by atoms with Crippen LogP contribution in [0.3, 0.4) is 0 Å². The third-order valence-electron chi connectivity index (χ3n) is 5.07. The highest BCUT2D eigenvalue weighted by atomic mass is 32.1. The molecular formula is C22H16FN3O3S. The summed E-state index contributed by atoms with van der Waals surface area (Å²) in [5.74, 6) is -0.868. The molecule has 0 fully saturated rings. The van der Waals surface area contributed by atoms with Gasteiger partial charge in [0.2, 0.25) is 10.9 Å². The van der Waals surface area contributed by atoms with Crippen LogP contribution >= 0.6 is 11.3 Å². The standard InChI is InChI=1S/C22H16FN3O3S/c1-11(2)20-24-25-22(30-20)26-17(12-6-5-7-13(23)10-12)16-18(27)14-8-3-4-9-15(14)29-19(16)21(26)28/h3-11,17H,1-2H3. The topological polar surface area (TPSA) is 76.3 Å². The van der Waals surface area contributed by atoms with Crippen molar-refractivity contribution in [2.75, 3.05) is 4.90 Å². The normalized spacial score (nSPS) is 15.9. The van der Waals surface area contributed by atoms with Crippen molar-refractivity contribution in [3.8, 4) is 0 Å². The van der Waals surface area contributed by atoms with Gasteiger partial charge in [-0.25, -0.2) is 4.39 Å². The van der Waals surface area contributed by atoms with Gasteiger partial charge >= 0.3 is 0 Å². The molecule has 1 aliphatic heterocycles. The van der Waals surface area contributed by atoms with E-state index in [2.05, 4.69) is 10.2 Å². The first-order valence-corrected chi connectivity index (χ1v) is 10.3. The van der Waals surface area contributed by atoms with Crippen LogP contribution in [-0.2, 0) is 0 Å². The molecule has 8 heteroatoms. The predicted molar refractivity (Wildman–Crippen MR) is 112 cm³/mol. The quantitative estimate of drug-likeness (QED) is 0.481. The van der Waals surface area contributed by atoms with E-state index in [1.165, 1.54) is 28.4 Å². The molecule has 1 unspecified atom stereocenters. The van der Waals surface area contributed by atoms with Crippen molar-refractivity contribution in [2.24, 2.45) is 0 Å². The van der Waals surface area contributed by atoms with Gasteiger partial charge in [0.1, 0.15) is 16.4 Å². The zero-order valence-corrected chi connectivity index (χ0v) is 16.9. The number of carbonyl (C=O) groups is 1. The number of carbonyl (C=O) groups excluding carboxylic acids is 1. The largest absolute Gasteiger partial charge is 0.450 e. The molecule has 0 saturated carbocycles. The average Bonchev–Trinajstić information content (AvgIpc) is 3.32. The molecule has 3 heterocycles. The molecule has 1 aliphatic rings. The van der Waals surface area contributed by atoms with Crippen molar-refractivity contribution in [3.05, 3.63) is 86.5 Å². The second-order valence-electron chi connectivity index (χ2n) is 7.38. The Kier molecular flexibility index (Phi) is 4.25. The number of fused-ring (bicyclic) bond motifs is 2. The third kappa shape index (κ3) is 2.75. The molecule has 6 nitrogen and oxygen atoms in total. The fourth-order valence-corrected chi connectivity index (χ4v) is 4.54. The fraction of sp³-hybridized carbons (Fsp3) is 0.182. The summed E-state index contributed by atoms with van der Waals surface area (Å²) < 4.78 is 19.9. The zero-order valence-electron chi connectivity index (χ0n) is 16.1. The van der Waals surface area contributed by atoms with E-state index in [4.69, 9.17) is 4.42 Å². The number of aromatic nitrogens is 2. The molecule has 150 valence electrons. The Hall–Kier alpha value is -3.39. The molecule has 0 spiro atoms. The molecule has 4 aromatic rings. The minimum Gasteiger partial charge on any atom is -0.450 e. The highest BCUT2D eigenvalue weighted by Gasteiger charge is 2.45. The van der Waals surface area contributed by atoms with E-state index >= 15 is 0 Å². The molecule has 1 amide bonds. The summed E-state index contributed by atoms with van der Waals surface area (Å²) in [5, 5.41) is 9.83. The fourth-order valence-electron chi connectivity index (χ4n) is 3.67. The number of hydrogen-bond donors (Lipinski definition) is 0. The average molecular weight is 421 g/mol. The summed E-state index contributed by atoms with van der Waals surface area (Å²) in [4.78, 5) is 28.1. The maximum absolute atomic E-state index is 14.1. The summed E-state index contributed by atoms with van der Waals surface area (Å²) in [6.45, 7) is 3.96. The van der Waals surface area contributed by atoms with Gasteiger partial charge in [-0.05, 0) is 29.8 Å². The number of para-hydroxylation sites is 1. The third-order valence-corrected chi connectivity index (χ3v) is 6.30. The summed E-state index contributed by atoms with van der Waals surface area (Å²) in [6.07, 6.45) is 0. The maximum atomic E-state index is 14.1. The van der Waals surface area contributed by atoms with E-state index in [0.29, 0.717) is 21.7 Å². The Morgan fingerprint density at radius 3 is 2.63 bits per heavy atom. The van der Waals surface area contributed by atoms with Crippen molar-refractivity contribution in [3.63, 3.8) is 0 Å². The molecular weight excluding hydrogens is 405 g/mol. The lowest BCUT2D eigenvalue weighted by Gasteiger charge is -2.22. The van der Waals surface area contributed by atoms with Crippen LogP contribution in [0, 0.1) is 5.82 Å². The molecule has 2 aromatic carbocycles. The second kappa shape index (κ2) is 6.84. The predicted octanol–water partition coefficient (Wildman–Crippen LogP) is 4.66. The van der Waals surface area contributed by atoms with Crippen molar-refractivity contribution in [1.82, 2.24) is 10.2 Å². The summed E-state index contributed by atoms with van der Waals surface area (Å²) in [7, 11) is 0. The Labute approximate surface area is 174 Å². The smallest absolute Gasteiger partial charge is 0.297 e. The molecule has 30 heavy (non-hydrogen) atoms. The lowest BCUT2D eigenvalue weighted by molar-refractivity contribution is 0.0970. The van der Waals surface area contributed by atoms with Crippen LogP contribution in [0.1, 0.15) is 52.5 Å². The van der Waals surface area contributed by atoms with Crippen LogP contribution < -0.4 is 10.3 Å². The molecule has 0 aliphatic carbocycles. The highest BCUT2D eigenvalue weighted by Crippen LogP contribution is 2.42. The first-order chi connectivity index (χ1) is 14.5. The molecule has 0 radical (unpaired) electrons. The molecule has 2 aromatic heterocycles. The zero-order chi connectivity index (χ0) is 21.0. The number of rotatable bonds is 3. The van der Waals surface area contributed by atoms with Crippen LogP contribution in [0.5, 0.6) is 0 Å². The minimum absolute atomic E-state index is 0.0470. The SMILES string of the molecule is CC(C)c1nnc(N2C(=O)c3oc4ccccc4c(=O)c3C2c2cccc(F)c2)s1. The van der Waals surface area contributed by atoms with Crippen LogP contribution in [0.2, 0.25) is 0 Å². The van der Waals surface area contributed by atoms with Crippen LogP contribution in [0.25, 0.3) is 11.0 Å². The van der Waals surface area contributed by atoms with E-state index in [9.17, 15) is 14.0 Å². The van der Waals surface area contributed by atoms with Gasteiger partial charge in [0.25, 0.3) is 5.91 Å². The number of benzene rings is 2. The van der Waals surface area contributed by atoms with Crippen molar-refractivity contribution in [2.45, 2.75) is 25.8 Å². The molecule has 0 N–H and O–H groups in total. The number of nitrogens with zero attached hydrogens (tertiary/aromatic N) is 3. The lowest BCUT2D eigenvalue weighted by atomic mass is 9.98. The second-order valence-corrected chi connectivity index (χ2v) is 8.37. The van der Waals surface area contributed by atoms with Crippen molar-refractivity contribution >= 4 is 33.3 Å². The molecule has 0 saturated heterocycles. The van der Waals surface area contributed by atoms with Crippen LogP contribution in [0.15, 0.2) is 57.7 Å². The minimum atomic E-state index is -0.850. The molecule has 5 rings (SSSR count). The number of hydrogen-bond acceptors (Lipinski definition) is 6. The molecule has 1 atom stereocenters. The van der Waals surface area contributed by atoms with Crippen molar-refractivity contribution < 1.29 is 13.6 Å². The number of anilines is 1. The van der Waals surface area contributed by atoms with E-state index in [0.717, 1.165) is 5.01 Å². The Morgan fingerprint density at radius 2 is 1.90 bits per heavy atom. The van der Waals surface area contributed by atoms with Gasteiger partial charge in [0, 0.05) is 5.92 Å². The Bertz CT molecular complexity index is 1360. The van der Waals surface area contributed by atoms with Gasteiger partial charge in [0.15, 0.2) is 5.43 Å². The van der Waals surface area contributed by atoms with Crippen LogP contribution in [-0.4, -0.2) is 16.1 Å². The van der Waals surface area contributed by atoms with Crippen molar-refractivity contribution in [1.29, 1.82) is 0 Å². The number of amides is 1. The highest BCUT2D eigenvalue weighted by molar-refractivity contribution is 7.15. The summed E-state index contributed by atoms with van der Waals surface area (Å²) >= 11 is 1.27. The first-order valence-electron chi connectivity index (χ1n) is 9.44. The Morgan fingerprint density at radius 1 is 1.10 bits per heavy atom. The van der Waals surface area contributed by atoms with E-state index in [1.807, 2.05) is 13.8 Å². The summed E-state index contributed by atoms with van der Waals surface area (Å²) in [5.41, 5.74) is 0.664. The summed E-state index contributed by atoms with van der Waals surface area (Å²) in [6, 6.07) is 11.8. The van der Waals surface area contributed by atoms with E-state index in [-0.39, 0.29) is 22.7 Å². The van der Waals surface area contributed by atoms with Gasteiger partial charge in [-0.15, -0.1) is 10.2 Å². The number of halogens is 1. The van der Waals surface area contributed by atoms with Gasteiger partial charge in [-0.3, -0.25) is 14.5 Å². The van der Waals surface area contributed by atoms with E-state index < -0.39 is 17.8 Å². The monoisotopic (exact) mass is 421 g/mol. The lowest BCUT2D eigenvalue weighted by Crippen LogP contribution is -2.29. The Balaban J connectivity index is 1.79. The maximum Gasteiger partial charge on any atom is 0.297 e. The van der Waals surface area contributed by atoms with Gasteiger partial charge in [0.05, 0.1) is 17.0 Å². The first kappa shape index (κ1) is 18.6. The van der Waals surface area contributed by atoms with E-state index in [1.54, 1.807) is 36.4 Å². The van der Waals surface area contributed by atoms with Crippen LogP contribution in [0.4, 0.5) is 9.52 Å².